The maximum atomic E-state index is 13.6. The smallest absolute Gasteiger partial charge is 0.254 e. The fraction of sp³-hybridized carbons (Fsp3) is 0.231. The first-order chi connectivity index (χ1) is 8.00. The van der Waals surface area contributed by atoms with Gasteiger partial charge in [-0.15, -0.1) is 0 Å². The van der Waals surface area contributed by atoms with Crippen LogP contribution in [0.4, 0.5) is 4.39 Å². The summed E-state index contributed by atoms with van der Waals surface area (Å²) in [6, 6.07) is 6.20. The largest absolute Gasteiger partial charge is 0.308 e. The topological polar surface area (TPSA) is 39.1 Å². The van der Waals surface area contributed by atoms with Gasteiger partial charge in [-0.25, -0.2) is 4.39 Å². The number of hydrogen-bond donors (Lipinski definition) is 0. The molecule has 4 heteroatoms. The molecular formula is C13H12FNO2. The molecule has 0 amide bonds. The molecule has 1 aromatic carbocycles. The summed E-state index contributed by atoms with van der Waals surface area (Å²) in [5, 5.41) is 0.628. The molecule has 17 heavy (non-hydrogen) atoms. The minimum Gasteiger partial charge on any atom is -0.308 e. The van der Waals surface area contributed by atoms with Crippen molar-refractivity contribution >= 4 is 16.7 Å². The molecule has 2 aromatic rings. The second kappa shape index (κ2) is 4.13. The number of ketones is 1. The van der Waals surface area contributed by atoms with Gasteiger partial charge in [0.05, 0.1) is 5.52 Å². The van der Waals surface area contributed by atoms with Crippen LogP contribution >= 0.6 is 0 Å². The van der Waals surface area contributed by atoms with Crippen LogP contribution in [-0.2, 0) is 18.3 Å². The minimum absolute atomic E-state index is 0.0825. The highest BCUT2D eigenvalue weighted by atomic mass is 19.1. The van der Waals surface area contributed by atoms with E-state index >= 15 is 0 Å². The Kier molecular flexibility index (Phi) is 2.79. The van der Waals surface area contributed by atoms with Crippen LogP contribution in [0, 0.1) is 5.82 Å². The standard InChI is InChI=1S/C13H12FNO2/c1-8(16)6-10-7-9-4-3-5-11(14)12(9)15(2)13(10)17/h3-5,7H,6H2,1-2H3. The third kappa shape index (κ3) is 1.98. The van der Waals surface area contributed by atoms with Gasteiger partial charge < -0.3 is 4.57 Å². The molecule has 88 valence electrons. The van der Waals surface area contributed by atoms with Gasteiger partial charge in [0, 0.05) is 24.4 Å². The van der Waals surface area contributed by atoms with E-state index in [2.05, 4.69) is 0 Å². The van der Waals surface area contributed by atoms with Crippen LogP contribution in [0.25, 0.3) is 10.9 Å². The van der Waals surface area contributed by atoms with Gasteiger partial charge in [0.2, 0.25) is 0 Å². The lowest BCUT2D eigenvalue weighted by molar-refractivity contribution is -0.116. The van der Waals surface area contributed by atoms with Gasteiger partial charge in [-0.05, 0) is 19.1 Å². The maximum absolute atomic E-state index is 13.6. The van der Waals surface area contributed by atoms with Crippen LogP contribution in [0.1, 0.15) is 12.5 Å². The van der Waals surface area contributed by atoms with Gasteiger partial charge in [0.15, 0.2) is 0 Å². The van der Waals surface area contributed by atoms with Crippen molar-refractivity contribution in [2.24, 2.45) is 7.05 Å². The van der Waals surface area contributed by atoms with Crippen molar-refractivity contribution < 1.29 is 9.18 Å². The van der Waals surface area contributed by atoms with Gasteiger partial charge in [0.25, 0.3) is 5.56 Å². The number of fused-ring (bicyclic) bond motifs is 1. The quantitative estimate of drug-likeness (QED) is 0.793. The van der Waals surface area contributed by atoms with E-state index in [9.17, 15) is 14.0 Å². The summed E-state index contributed by atoms with van der Waals surface area (Å²) in [7, 11) is 1.51. The Hall–Kier alpha value is -1.97. The number of Topliss-reactive ketones (excluding diaryl/α,β-unsaturated/α-hetero) is 1. The van der Waals surface area contributed by atoms with Crippen molar-refractivity contribution in [3.63, 3.8) is 0 Å². The van der Waals surface area contributed by atoms with Gasteiger partial charge in [-0.1, -0.05) is 12.1 Å². The fourth-order valence-corrected chi connectivity index (χ4v) is 1.96. The van der Waals surface area contributed by atoms with Crippen LogP contribution in [0.3, 0.4) is 0 Å². The number of nitrogens with zero attached hydrogens (tertiary/aromatic N) is 1. The Morgan fingerprint density at radius 3 is 2.76 bits per heavy atom. The van der Waals surface area contributed by atoms with Crippen molar-refractivity contribution in [3.05, 3.63) is 46.0 Å². The van der Waals surface area contributed by atoms with E-state index < -0.39 is 5.82 Å². The lowest BCUT2D eigenvalue weighted by Crippen LogP contribution is -2.23. The Balaban J connectivity index is 2.80. The summed E-state index contributed by atoms with van der Waals surface area (Å²) >= 11 is 0. The summed E-state index contributed by atoms with van der Waals surface area (Å²) in [4.78, 5) is 23.0. The number of carbonyl (C=O) groups is 1. The third-order valence-corrected chi connectivity index (χ3v) is 2.70. The van der Waals surface area contributed by atoms with E-state index in [0.717, 1.165) is 0 Å². The van der Waals surface area contributed by atoms with Crippen molar-refractivity contribution in [2.75, 3.05) is 0 Å². The predicted octanol–water partition coefficient (Wildman–Crippen LogP) is 1.81. The number of para-hydroxylation sites is 1. The first kappa shape index (κ1) is 11.5. The summed E-state index contributed by atoms with van der Waals surface area (Å²) in [6.45, 7) is 1.43. The van der Waals surface area contributed by atoms with E-state index in [0.29, 0.717) is 10.9 Å². The number of benzene rings is 1. The normalized spacial score (nSPS) is 10.8. The molecule has 1 heterocycles. The number of pyridine rings is 1. The van der Waals surface area contributed by atoms with Crippen molar-refractivity contribution in [2.45, 2.75) is 13.3 Å². The lowest BCUT2D eigenvalue weighted by Gasteiger charge is -2.08. The molecular weight excluding hydrogens is 221 g/mol. The highest BCUT2D eigenvalue weighted by Gasteiger charge is 2.10. The first-order valence-electron chi connectivity index (χ1n) is 5.27. The van der Waals surface area contributed by atoms with E-state index in [1.54, 1.807) is 18.2 Å². The van der Waals surface area contributed by atoms with Crippen LogP contribution in [-0.4, -0.2) is 10.4 Å². The Labute approximate surface area is 97.5 Å². The molecule has 1 aromatic heterocycles. The minimum atomic E-state index is -0.434. The lowest BCUT2D eigenvalue weighted by atomic mass is 10.1. The molecule has 0 radical (unpaired) electrons. The summed E-state index contributed by atoms with van der Waals surface area (Å²) in [5.41, 5.74) is 0.348. The van der Waals surface area contributed by atoms with Crippen LogP contribution in [0.15, 0.2) is 29.1 Å². The molecule has 0 aliphatic heterocycles. The molecule has 0 saturated carbocycles. The van der Waals surface area contributed by atoms with E-state index in [1.807, 2.05) is 0 Å². The van der Waals surface area contributed by atoms with Gasteiger partial charge >= 0.3 is 0 Å². The highest BCUT2D eigenvalue weighted by molar-refractivity contribution is 5.83. The molecule has 0 fully saturated rings. The Morgan fingerprint density at radius 1 is 1.41 bits per heavy atom. The average Bonchev–Trinajstić information content (AvgIpc) is 2.24. The van der Waals surface area contributed by atoms with Gasteiger partial charge in [0.1, 0.15) is 11.6 Å². The molecule has 0 unspecified atom stereocenters. The summed E-state index contributed by atoms with van der Waals surface area (Å²) in [6.07, 6.45) is 0.0825. The molecule has 0 spiro atoms. The first-order valence-corrected chi connectivity index (χ1v) is 5.27. The van der Waals surface area contributed by atoms with E-state index in [1.165, 1.54) is 24.6 Å². The predicted molar refractivity (Wildman–Crippen MR) is 63.5 cm³/mol. The second-order valence-electron chi connectivity index (χ2n) is 4.09. The number of carbonyl (C=O) groups excluding carboxylic acids is 1. The third-order valence-electron chi connectivity index (χ3n) is 2.70. The van der Waals surface area contributed by atoms with Crippen LogP contribution < -0.4 is 5.56 Å². The number of halogens is 1. The van der Waals surface area contributed by atoms with Crippen LogP contribution in [0.2, 0.25) is 0 Å². The number of aromatic nitrogens is 1. The number of rotatable bonds is 2. The molecule has 2 rings (SSSR count). The second-order valence-corrected chi connectivity index (χ2v) is 4.09. The zero-order valence-corrected chi connectivity index (χ0v) is 9.66. The molecule has 0 saturated heterocycles. The fourth-order valence-electron chi connectivity index (χ4n) is 1.96. The van der Waals surface area contributed by atoms with Crippen LogP contribution in [0.5, 0.6) is 0 Å². The molecule has 3 nitrogen and oxygen atoms in total. The Morgan fingerprint density at radius 2 is 2.12 bits per heavy atom. The average molecular weight is 233 g/mol. The molecule has 0 bridgehead atoms. The molecule has 0 atom stereocenters. The monoisotopic (exact) mass is 233 g/mol. The van der Waals surface area contributed by atoms with E-state index in [4.69, 9.17) is 0 Å². The van der Waals surface area contributed by atoms with Gasteiger partial charge in [-0.2, -0.15) is 0 Å². The number of hydrogen-bond acceptors (Lipinski definition) is 2. The molecule has 0 aliphatic rings. The summed E-state index contributed by atoms with van der Waals surface area (Å²) in [5.74, 6) is -0.519. The van der Waals surface area contributed by atoms with E-state index in [-0.39, 0.29) is 23.3 Å². The maximum Gasteiger partial charge on any atom is 0.254 e. The molecule has 0 N–H and O–H groups in total. The van der Waals surface area contributed by atoms with Crippen molar-refractivity contribution in [1.82, 2.24) is 4.57 Å². The zero-order chi connectivity index (χ0) is 12.6. The summed E-state index contributed by atoms with van der Waals surface area (Å²) < 4.78 is 14.8. The van der Waals surface area contributed by atoms with Crippen molar-refractivity contribution in [1.29, 1.82) is 0 Å². The molecule has 0 aliphatic carbocycles. The van der Waals surface area contributed by atoms with Gasteiger partial charge in [-0.3, -0.25) is 9.59 Å². The Bertz CT molecular complexity index is 658. The number of aryl methyl sites for hydroxylation is 1. The SMILES string of the molecule is CC(=O)Cc1cc2cccc(F)c2n(C)c1=O. The van der Waals surface area contributed by atoms with Crippen molar-refractivity contribution in [3.8, 4) is 0 Å². The zero-order valence-electron chi connectivity index (χ0n) is 9.66. The highest BCUT2D eigenvalue weighted by Crippen LogP contribution is 2.16.